The highest BCUT2D eigenvalue weighted by atomic mass is 32.2. The van der Waals surface area contributed by atoms with E-state index in [9.17, 15) is 18.0 Å². The Morgan fingerprint density at radius 2 is 1.67 bits per heavy atom. The molecule has 0 aromatic heterocycles. The van der Waals surface area contributed by atoms with E-state index in [1.54, 1.807) is 24.3 Å². The maximum atomic E-state index is 12.4. The first kappa shape index (κ1) is 18.9. The van der Waals surface area contributed by atoms with E-state index in [4.69, 9.17) is 9.47 Å². The highest BCUT2D eigenvalue weighted by Crippen LogP contribution is 2.32. The molecule has 1 aliphatic rings. The summed E-state index contributed by atoms with van der Waals surface area (Å²) in [5.74, 6) is 0.206. The van der Waals surface area contributed by atoms with Gasteiger partial charge in [-0.1, -0.05) is 0 Å². The van der Waals surface area contributed by atoms with Gasteiger partial charge in [0.2, 0.25) is 15.9 Å². The standard InChI is InChI=1S/C18H18N2O6S/c1-12(21)13-2-4-14(5-3-13)20-18(22)11-19-27(23,24)15-6-7-16-17(10-15)26-9-8-25-16/h2-7,10,19H,8-9,11H2,1H3,(H,20,22). The highest BCUT2D eigenvalue weighted by Gasteiger charge is 2.20. The molecule has 1 heterocycles. The summed E-state index contributed by atoms with van der Waals surface area (Å²) in [6.07, 6.45) is 0. The molecule has 2 aromatic carbocycles. The third kappa shape index (κ3) is 4.63. The smallest absolute Gasteiger partial charge is 0.241 e. The normalized spacial score (nSPS) is 13.1. The zero-order valence-electron chi connectivity index (χ0n) is 14.5. The number of ketones is 1. The van der Waals surface area contributed by atoms with Gasteiger partial charge < -0.3 is 14.8 Å². The van der Waals surface area contributed by atoms with E-state index in [0.29, 0.717) is 36.0 Å². The Labute approximate surface area is 156 Å². The molecule has 0 atom stereocenters. The van der Waals surface area contributed by atoms with E-state index in [1.165, 1.54) is 25.1 Å². The summed E-state index contributed by atoms with van der Waals surface area (Å²) in [4.78, 5) is 23.2. The minimum atomic E-state index is -3.89. The molecular weight excluding hydrogens is 372 g/mol. The number of nitrogens with one attached hydrogen (secondary N) is 2. The predicted molar refractivity (Wildman–Crippen MR) is 97.7 cm³/mol. The minimum Gasteiger partial charge on any atom is -0.486 e. The number of benzene rings is 2. The van der Waals surface area contributed by atoms with Crippen molar-refractivity contribution in [3.63, 3.8) is 0 Å². The van der Waals surface area contributed by atoms with Crippen molar-refractivity contribution in [2.24, 2.45) is 0 Å². The molecule has 1 aliphatic heterocycles. The third-order valence-electron chi connectivity index (χ3n) is 3.82. The largest absolute Gasteiger partial charge is 0.486 e. The van der Waals surface area contributed by atoms with Crippen molar-refractivity contribution in [3.8, 4) is 11.5 Å². The van der Waals surface area contributed by atoms with E-state index in [0.717, 1.165) is 0 Å². The van der Waals surface area contributed by atoms with Crippen molar-refractivity contribution in [2.75, 3.05) is 25.1 Å². The van der Waals surface area contributed by atoms with Crippen LogP contribution < -0.4 is 19.5 Å². The molecule has 0 spiro atoms. The van der Waals surface area contributed by atoms with Crippen LogP contribution in [0.4, 0.5) is 5.69 Å². The maximum absolute atomic E-state index is 12.4. The first-order valence-corrected chi connectivity index (χ1v) is 9.64. The van der Waals surface area contributed by atoms with Gasteiger partial charge in [0.1, 0.15) is 13.2 Å². The van der Waals surface area contributed by atoms with Crippen LogP contribution >= 0.6 is 0 Å². The fourth-order valence-corrected chi connectivity index (χ4v) is 3.43. The SMILES string of the molecule is CC(=O)c1ccc(NC(=O)CNS(=O)(=O)c2ccc3c(c2)OCCO3)cc1. The summed E-state index contributed by atoms with van der Waals surface area (Å²) < 4.78 is 37.7. The molecule has 0 saturated carbocycles. The van der Waals surface area contributed by atoms with Gasteiger partial charge in [0.05, 0.1) is 11.4 Å². The van der Waals surface area contributed by atoms with Crippen LogP contribution in [0.25, 0.3) is 0 Å². The van der Waals surface area contributed by atoms with Crippen LogP contribution in [0.3, 0.4) is 0 Å². The molecular formula is C18H18N2O6S. The van der Waals surface area contributed by atoms with Crippen molar-refractivity contribution in [2.45, 2.75) is 11.8 Å². The van der Waals surface area contributed by atoms with Crippen LogP contribution in [0.5, 0.6) is 11.5 Å². The van der Waals surface area contributed by atoms with Crippen LogP contribution in [0.2, 0.25) is 0 Å². The van der Waals surface area contributed by atoms with E-state index in [2.05, 4.69) is 10.0 Å². The number of amides is 1. The number of rotatable bonds is 6. The predicted octanol–water partition coefficient (Wildman–Crippen LogP) is 1.58. The lowest BCUT2D eigenvalue weighted by molar-refractivity contribution is -0.115. The fourth-order valence-electron chi connectivity index (χ4n) is 2.43. The topological polar surface area (TPSA) is 111 Å². The van der Waals surface area contributed by atoms with Gasteiger partial charge in [-0.25, -0.2) is 13.1 Å². The fraction of sp³-hybridized carbons (Fsp3) is 0.222. The van der Waals surface area contributed by atoms with Gasteiger partial charge in [-0.2, -0.15) is 0 Å². The van der Waals surface area contributed by atoms with Gasteiger partial charge in [0.25, 0.3) is 0 Å². The number of anilines is 1. The first-order chi connectivity index (χ1) is 12.8. The summed E-state index contributed by atoms with van der Waals surface area (Å²) in [7, 11) is -3.89. The number of Topliss-reactive ketones (excluding diaryl/α,β-unsaturated/α-hetero) is 1. The minimum absolute atomic E-state index is 0.0228. The number of ether oxygens (including phenoxy) is 2. The Kier molecular flexibility index (Phi) is 5.43. The number of fused-ring (bicyclic) bond motifs is 1. The van der Waals surface area contributed by atoms with Gasteiger partial charge in [-0.3, -0.25) is 9.59 Å². The van der Waals surface area contributed by atoms with Crippen LogP contribution in [-0.4, -0.2) is 39.9 Å². The molecule has 0 bridgehead atoms. The van der Waals surface area contributed by atoms with E-state index in [-0.39, 0.29) is 10.7 Å². The van der Waals surface area contributed by atoms with Gasteiger partial charge >= 0.3 is 0 Å². The number of sulfonamides is 1. The Balaban J connectivity index is 1.61. The second kappa shape index (κ2) is 7.77. The van der Waals surface area contributed by atoms with Crippen molar-refractivity contribution >= 4 is 27.4 Å². The molecule has 142 valence electrons. The van der Waals surface area contributed by atoms with Crippen LogP contribution in [0, 0.1) is 0 Å². The Bertz CT molecular complexity index is 970. The molecule has 1 amide bonds. The zero-order valence-corrected chi connectivity index (χ0v) is 15.3. The van der Waals surface area contributed by atoms with E-state index in [1.807, 2.05) is 0 Å². The zero-order chi connectivity index (χ0) is 19.4. The van der Waals surface area contributed by atoms with Crippen LogP contribution in [0.15, 0.2) is 47.4 Å². The summed E-state index contributed by atoms with van der Waals surface area (Å²) in [6, 6.07) is 10.6. The number of carbonyl (C=O) groups is 2. The second-order valence-corrected chi connectivity index (χ2v) is 7.58. The number of hydrogen-bond donors (Lipinski definition) is 2. The molecule has 0 radical (unpaired) electrons. The number of hydrogen-bond acceptors (Lipinski definition) is 6. The average Bonchev–Trinajstić information content (AvgIpc) is 2.66. The van der Waals surface area contributed by atoms with Crippen molar-refractivity contribution in [1.29, 1.82) is 0 Å². The molecule has 0 saturated heterocycles. The summed E-state index contributed by atoms with van der Waals surface area (Å²) in [5, 5.41) is 2.56. The summed E-state index contributed by atoms with van der Waals surface area (Å²) in [5.41, 5.74) is 0.982. The van der Waals surface area contributed by atoms with Crippen LogP contribution in [-0.2, 0) is 14.8 Å². The van der Waals surface area contributed by atoms with Crippen molar-refractivity contribution in [1.82, 2.24) is 4.72 Å². The Morgan fingerprint density at radius 1 is 1.00 bits per heavy atom. The maximum Gasteiger partial charge on any atom is 0.241 e. The average molecular weight is 390 g/mol. The van der Waals surface area contributed by atoms with Crippen LogP contribution in [0.1, 0.15) is 17.3 Å². The Morgan fingerprint density at radius 3 is 2.33 bits per heavy atom. The van der Waals surface area contributed by atoms with E-state index < -0.39 is 22.5 Å². The second-order valence-electron chi connectivity index (χ2n) is 5.81. The lowest BCUT2D eigenvalue weighted by atomic mass is 10.1. The Hall–Kier alpha value is -2.91. The van der Waals surface area contributed by atoms with E-state index >= 15 is 0 Å². The lowest BCUT2D eigenvalue weighted by Crippen LogP contribution is -2.33. The lowest BCUT2D eigenvalue weighted by Gasteiger charge is -2.18. The van der Waals surface area contributed by atoms with Gasteiger partial charge in [-0.05, 0) is 43.3 Å². The van der Waals surface area contributed by atoms with Crippen molar-refractivity contribution < 1.29 is 27.5 Å². The van der Waals surface area contributed by atoms with Crippen molar-refractivity contribution in [3.05, 3.63) is 48.0 Å². The first-order valence-electron chi connectivity index (χ1n) is 8.15. The molecule has 8 nitrogen and oxygen atoms in total. The molecule has 0 aliphatic carbocycles. The highest BCUT2D eigenvalue weighted by molar-refractivity contribution is 7.89. The molecule has 27 heavy (non-hydrogen) atoms. The monoisotopic (exact) mass is 390 g/mol. The molecule has 3 rings (SSSR count). The summed E-state index contributed by atoms with van der Waals surface area (Å²) >= 11 is 0. The summed E-state index contributed by atoms with van der Waals surface area (Å²) in [6.45, 7) is 1.76. The van der Waals surface area contributed by atoms with Gasteiger partial charge in [-0.15, -0.1) is 0 Å². The van der Waals surface area contributed by atoms with Gasteiger partial charge in [0.15, 0.2) is 17.3 Å². The third-order valence-corrected chi connectivity index (χ3v) is 5.22. The molecule has 0 fully saturated rings. The number of carbonyl (C=O) groups excluding carboxylic acids is 2. The quantitative estimate of drug-likeness (QED) is 0.725. The van der Waals surface area contributed by atoms with Gasteiger partial charge in [0, 0.05) is 17.3 Å². The molecule has 9 heteroatoms. The molecule has 2 aromatic rings. The molecule has 2 N–H and O–H groups in total. The molecule has 0 unspecified atom stereocenters.